The topological polar surface area (TPSA) is 136 Å². The third kappa shape index (κ3) is 14.5. The van der Waals surface area contributed by atoms with E-state index in [4.69, 9.17) is 30.3 Å². The second kappa shape index (κ2) is 23.7. The standard InChI is InChI=1S/C39H47N5O7S/c1-6-10-33(31(4)45)26-37(46)51-24-23-50-22-21-49-20-19-48-18-17-47-16-15-44(28-32-11-8-7-9-12-32)34-13-14-35(29(2)25-34)42-43-39-38(41-5)30(3)36(27-40)52-39/h6-9,11-14,25,33H,1,10,15-24,26,28H2,2-4H3. The van der Waals surface area contributed by atoms with Crippen LogP contribution in [0.4, 0.5) is 22.1 Å². The van der Waals surface area contributed by atoms with E-state index >= 15 is 0 Å². The summed E-state index contributed by atoms with van der Waals surface area (Å²) in [6.45, 7) is 21.0. The molecule has 0 fully saturated rings. The van der Waals surface area contributed by atoms with Crippen LogP contribution in [0.3, 0.4) is 0 Å². The van der Waals surface area contributed by atoms with Crippen LogP contribution in [0.2, 0.25) is 0 Å². The minimum atomic E-state index is -0.422. The maximum absolute atomic E-state index is 11.9. The van der Waals surface area contributed by atoms with E-state index in [0.29, 0.717) is 92.6 Å². The van der Waals surface area contributed by atoms with Crippen LogP contribution in [-0.2, 0) is 39.8 Å². The molecule has 13 heteroatoms. The Balaban J connectivity index is 1.34. The summed E-state index contributed by atoms with van der Waals surface area (Å²) in [5, 5.41) is 18.5. The maximum atomic E-state index is 11.9. The lowest BCUT2D eigenvalue weighted by Crippen LogP contribution is -2.27. The van der Waals surface area contributed by atoms with Crippen LogP contribution < -0.4 is 4.90 Å². The molecule has 0 aliphatic carbocycles. The van der Waals surface area contributed by atoms with Gasteiger partial charge in [0.1, 0.15) is 23.5 Å². The quantitative estimate of drug-likeness (QED) is 0.0279. The SMILES string of the molecule is [C-]#[N+]c1c(N=Nc2ccc(N(CCOCCOCCOCCOCCOC(=O)CC(CC=C)C(C)=O)Cc3ccccc3)cc2C)sc(C#N)c1C. The number of ketones is 1. The summed E-state index contributed by atoms with van der Waals surface area (Å²) in [6.07, 6.45) is 2.12. The Morgan fingerprint density at radius 2 is 1.60 bits per heavy atom. The van der Waals surface area contributed by atoms with Gasteiger partial charge in [-0.3, -0.25) is 9.59 Å². The Kier molecular flexibility index (Phi) is 19.0. The number of nitriles is 1. The van der Waals surface area contributed by atoms with E-state index in [-0.39, 0.29) is 31.3 Å². The van der Waals surface area contributed by atoms with Crippen LogP contribution in [0.15, 0.2) is 71.4 Å². The fourth-order valence-electron chi connectivity index (χ4n) is 4.95. The average Bonchev–Trinajstić information content (AvgIpc) is 3.45. The van der Waals surface area contributed by atoms with Gasteiger partial charge in [0.2, 0.25) is 5.69 Å². The Bertz CT molecular complexity index is 1700. The van der Waals surface area contributed by atoms with Gasteiger partial charge < -0.3 is 28.6 Å². The number of azo groups is 1. The van der Waals surface area contributed by atoms with Crippen molar-refractivity contribution in [1.82, 2.24) is 0 Å². The maximum Gasteiger partial charge on any atom is 0.306 e. The van der Waals surface area contributed by atoms with E-state index in [2.05, 4.69) is 50.8 Å². The second-order valence-corrected chi connectivity index (χ2v) is 12.7. The van der Waals surface area contributed by atoms with Gasteiger partial charge >= 0.3 is 5.97 Å². The molecule has 1 aromatic heterocycles. The third-order valence-corrected chi connectivity index (χ3v) is 8.94. The van der Waals surface area contributed by atoms with Gasteiger partial charge in [-0.05, 0) is 62.1 Å². The second-order valence-electron chi connectivity index (χ2n) is 11.7. The number of nitrogens with zero attached hydrogens (tertiary/aromatic N) is 5. The highest BCUT2D eigenvalue weighted by Crippen LogP contribution is 2.42. The molecule has 12 nitrogen and oxygen atoms in total. The normalized spacial score (nSPS) is 11.6. The number of anilines is 1. The van der Waals surface area contributed by atoms with Crippen molar-refractivity contribution in [2.24, 2.45) is 16.1 Å². The number of Topliss-reactive ketones (excluding diaryl/α,β-unsaturated/α-hetero) is 1. The molecule has 0 spiro atoms. The monoisotopic (exact) mass is 729 g/mol. The Morgan fingerprint density at radius 1 is 0.962 bits per heavy atom. The summed E-state index contributed by atoms with van der Waals surface area (Å²) in [4.78, 5) is 29.7. The largest absolute Gasteiger partial charge is 0.463 e. The predicted molar refractivity (Wildman–Crippen MR) is 201 cm³/mol. The van der Waals surface area contributed by atoms with Crippen molar-refractivity contribution in [3.63, 3.8) is 0 Å². The minimum Gasteiger partial charge on any atom is -0.463 e. The number of rotatable bonds is 25. The molecular formula is C39H47N5O7S. The van der Waals surface area contributed by atoms with Crippen LogP contribution >= 0.6 is 11.3 Å². The van der Waals surface area contributed by atoms with E-state index in [9.17, 15) is 14.9 Å². The highest BCUT2D eigenvalue weighted by atomic mass is 32.1. The first kappa shape index (κ1) is 41.7. The molecule has 3 rings (SSSR count). The zero-order chi connectivity index (χ0) is 37.6. The van der Waals surface area contributed by atoms with Crippen molar-refractivity contribution < 1.29 is 33.3 Å². The number of thiophene rings is 1. The van der Waals surface area contributed by atoms with E-state index in [1.807, 2.05) is 37.3 Å². The summed E-state index contributed by atoms with van der Waals surface area (Å²) in [5.74, 6) is -0.867. The lowest BCUT2D eigenvalue weighted by molar-refractivity contribution is -0.148. The van der Waals surface area contributed by atoms with E-state index in [1.165, 1.54) is 23.8 Å². The van der Waals surface area contributed by atoms with Crippen LogP contribution in [0.5, 0.6) is 0 Å². The molecule has 0 radical (unpaired) electrons. The summed E-state index contributed by atoms with van der Waals surface area (Å²) >= 11 is 1.17. The first-order valence-electron chi connectivity index (χ1n) is 17.1. The molecule has 0 saturated heterocycles. The van der Waals surface area contributed by atoms with Crippen molar-refractivity contribution in [2.75, 3.05) is 70.9 Å². The zero-order valence-electron chi connectivity index (χ0n) is 30.2. The number of carbonyl (C=O) groups is 2. The molecule has 0 saturated carbocycles. The molecule has 2 aromatic carbocycles. The van der Waals surface area contributed by atoms with Crippen molar-refractivity contribution >= 4 is 45.2 Å². The summed E-state index contributed by atoms with van der Waals surface area (Å²) in [5.41, 5.74) is 4.82. The van der Waals surface area contributed by atoms with Gasteiger partial charge in [0.25, 0.3) is 0 Å². The number of hydrogen-bond acceptors (Lipinski definition) is 12. The number of aryl methyl sites for hydroxylation is 1. The van der Waals surface area contributed by atoms with Gasteiger partial charge in [-0.2, -0.15) is 15.5 Å². The number of carbonyl (C=O) groups excluding carboxylic acids is 2. The van der Waals surface area contributed by atoms with Gasteiger partial charge in [0, 0.05) is 24.7 Å². The van der Waals surface area contributed by atoms with E-state index < -0.39 is 5.97 Å². The molecule has 0 N–H and O–H groups in total. The van der Waals surface area contributed by atoms with Crippen molar-refractivity contribution in [1.29, 1.82) is 5.26 Å². The van der Waals surface area contributed by atoms with Crippen molar-refractivity contribution in [2.45, 2.75) is 40.2 Å². The molecule has 1 unspecified atom stereocenters. The lowest BCUT2D eigenvalue weighted by atomic mass is 9.97. The summed E-state index contributed by atoms with van der Waals surface area (Å²) in [6, 6.07) is 18.3. The molecule has 0 aliphatic heterocycles. The summed E-state index contributed by atoms with van der Waals surface area (Å²) in [7, 11) is 0. The smallest absolute Gasteiger partial charge is 0.306 e. The number of ether oxygens (including phenoxy) is 5. The van der Waals surface area contributed by atoms with Gasteiger partial charge in [0.15, 0.2) is 0 Å². The average molecular weight is 730 g/mol. The lowest BCUT2D eigenvalue weighted by Gasteiger charge is -2.25. The fraction of sp³-hybridized carbons (Fsp3) is 0.436. The number of esters is 1. The predicted octanol–water partition coefficient (Wildman–Crippen LogP) is 7.99. The van der Waals surface area contributed by atoms with Gasteiger partial charge in [-0.1, -0.05) is 36.4 Å². The molecule has 0 bridgehead atoms. The third-order valence-electron chi connectivity index (χ3n) is 7.87. The van der Waals surface area contributed by atoms with Crippen LogP contribution in [0.25, 0.3) is 4.85 Å². The first-order chi connectivity index (χ1) is 25.3. The Morgan fingerprint density at radius 3 is 2.17 bits per heavy atom. The molecular weight excluding hydrogens is 683 g/mol. The van der Waals surface area contributed by atoms with Crippen LogP contribution in [-0.4, -0.2) is 77.8 Å². The molecule has 52 heavy (non-hydrogen) atoms. The highest BCUT2D eigenvalue weighted by Gasteiger charge is 2.18. The molecule has 0 aliphatic rings. The minimum absolute atomic E-state index is 0.0451. The van der Waals surface area contributed by atoms with Crippen molar-refractivity contribution in [3.05, 3.63) is 94.2 Å². The highest BCUT2D eigenvalue weighted by molar-refractivity contribution is 7.17. The molecule has 3 aromatic rings. The number of allylic oxidation sites excluding steroid dienone is 1. The van der Waals surface area contributed by atoms with Crippen molar-refractivity contribution in [3.8, 4) is 6.07 Å². The Hall–Kier alpha value is -4.76. The molecule has 276 valence electrons. The van der Waals surface area contributed by atoms with E-state index in [1.54, 1.807) is 13.0 Å². The van der Waals surface area contributed by atoms with Crippen LogP contribution in [0.1, 0.15) is 41.3 Å². The summed E-state index contributed by atoms with van der Waals surface area (Å²) < 4.78 is 27.6. The van der Waals surface area contributed by atoms with E-state index in [0.717, 1.165) is 11.3 Å². The van der Waals surface area contributed by atoms with Gasteiger partial charge in [0.05, 0.1) is 76.4 Å². The molecule has 1 heterocycles. The zero-order valence-corrected chi connectivity index (χ0v) is 31.0. The fourth-order valence-corrected chi connectivity index (χ4v) is 5.82. The van der Waals surface area contributed by atoms with Crippen LogP contribution in [0, 0.1) is 37.7 Å². The Labute approximate surface area is 310 Å². The number of benzene rings is 2. The van der Waals surface area contributed by atoms with Gasteiger partial charge in [-0.15, -0.1) is 17.9 Å². The molecule has 0 amide bonds. The molecule has 1 atom stereocenters. The van der Waals surface area contributed by atoms with Gasteiger partial charge in [-0.25, -0.2) is 4.85 Å². The first-order valence-corrected chi connectivity index (χ1v) is 17.9. The number of hydrogen-bond donors (Lipinski definition) is 0.